The summed E-state index contributed by atoms with van der Waals surface area (Å²) in [6.07, 6.45) is 1.37. The van der Waals surface area contributed by atoms with Crippen molar-refractivity contribution in [2.75, 3.05) is 13.4 Å². The van der Waals surface area contributed by atoms with Crippen molar-refractivity contribution < 1.29 is 53.7 Å². The molecule has 1 heterocycles. The van der Waals surface area contributed by atoms with Gasteiger partial charge in [-0.05, 0) is 53.8 Å². The standard InChI is InChI=1S/C20H20O5.Na/c1-2-7-23-14-4-5-15-13(8-14)9-16(20(21)22)19(15)12-3-6-17-18(10-12)25-11-24-17;/h3-6,8,10,16,19H,2,7,9,11H2,1H3,(H,21,22);/q;+1/p-1. The average molecular weight is 362 g/mol. The Morgan fingerprint density at radius 1 is 1.19 bits per heavy atom. The maximum absolute atomic E-state index is 11.7. The van der Waals surface area contributed by atoms with Crippen LogP contribution in [0.25, 0.3) is 0 Å². The van der Waals surface area contributed by atoms with Crippen LogP contribution in [0.3, 0.4) is 0 Å². The second-order valence-electron chi connectivity index (χ2n) is 6.43. The van der Waals surface area contributed by atoms with E-state index in [-0.39, 0.29) is 42.3 Å². The van der Waals surface area contributed by atoms with Crippen molar-refractivity contribution >= 4 is 5.97 Å². The third kappa shape index (κ3) is 3.43. The molecule has 26 heavy (non-hydrogen) atoms. The Kier molecular flexibility index (Phi) is 5.80. The number of carbonyl (C=O) groups excluding carboxylic acids is 1. The molecule has 4 rings (SSSR count). The smallest absolute Gasteiger partial charge is 0.550 e. The van der Waals surface area contributed by atoms with Gasteiger partial charge in [-0.3, -0.25) is 0 Å². The predicted molar refractivity (Wildman–Crippen MR) is 88.8 cm³/mol. The summed E-state index contributed by atoms with van der Waals surface area (Å²) in [5.41, 5.74) is 2.92. The molecule has 2 unspecified atom stereocenters. The maximum Gasteiger partial charge on any atom is 1.00 e. The first-order chi connectivity index (χ1) is 12.2. The number of hydrogen-bond acceptors (Lipinski definition) is 5. The molecule has 0 aromatic heterocycles. The Morgan fingerprint density at radius 3 is 2.77 bits per heavy atom. The summed E-state index contributed by atoms with van der Waals surface area (Å²) in [7, 11) is 0. The van der Waals surface area contributed by atoms with Crippen LogP contribution in [0.15, 0.2) is 36.4 Å². The molecule has 0 fully saturated rings. The van der Waals surface area contributed by atoms with Gasteiger partial charge in [0.05, 0.1) is 6.61 Å². The largest absolute Gasteiger partial charge is 1.00 e. The summed E-state index contributed by atoms with van der Waals surface area (Å²) in [5, 5.41) is 11.7. The molecule has 2 aromatic rings. The zero-order valence-electron chi connectivity index (χ0n) is 15.0. The van der Waals surface area contributed by atoms with Crippen LogP contribution in [-0.2, 0) is 11.2 Å². The minimum atomic E-state index is -1.03. The van der Waals surface area contributed by atoms with Gasteiger partial charge in [0.2, 0.25) is 6.79 Å². The summed E-state index contributed by atoms with van der Waals surface area (Å²) < 4.78 is 16.5. The normalized spacial score (nSPS) is 19.6. The number of ether oxygens (including phenoxy) is 3. The van der Waals surface area contributed by atoms with E-state index in [9.17, 15) is 9.90 Å². The van der Waals surface area contributed by atoms with Crippen molar-refractivity contribution in [1.82, 2.24) is 0 Å². The van der Waals surface area contributed by atoms with Crippen LogP contribution in [0.2, 0.25) is 0 Å². The van der Waals surface area contributed by atoms with Crippen LogP contribution in [0, 0.1) is 5.92 Å². The van der Waals surface area contributed by atoms with Crippen LogP contribution in [-0.4, -0.2) is 19.4 Å². The number of benzene rings is 2. The zero-order valence-corrected chi connectivity index (χ0v) is 17.0. The fraction of sp³-hybridized carbons (Fsp3) is 0.350. The van der Waals surface area contributed by atoms with E-state index in [1.165, 1.54) is 0 Å². The zero-order chi connectivity index (χ0) is 17.4. The second kappa shape index (κ2) is 7.91. The fourth-order valence-corrected chi connectivity index (χ4v) is 3.68. The van der Waals surface area contributed by atoms with E-state index in [0.29, 0.717) is 24.5 Å². The topological polar surface area (TPSA) is 67.8 Å². The third-order valence-corrected chi connectivity index (χ3v) is 4.82. The molecule has 2 atom stereocenters. The third-order valence-electron chi connectivity index (χ3n) is 4.82. The van der Waals surface area contributed by atoms with Crippen molar-refractivity contribution in [2.24, 2.45) is 5.92 Å². The molecule has 0 N–H and O–H groups in total. The maximum atomic E-state index is 11.7. The van der Waals surface area contributed by atoms with Gasteiger partial charge in [-0.25, -0.2) is 0 Å². The van der Waals surface area contributed by atoms with Gasteiger partial charge in [-0.2, -0.15) is 0 Å². The first-order valence-electron chi connectivity index (χ1n) is 8.53. The molecule has 1 aliphatic heterocycles. The minimum absolute atomic E-state index is 0. The molecule has 0 radical (unpaired) electrons. The average Bonchev–Trinajstić information content (AvgIpc) is 3.22. The Bertz CT molecular complexity index is 820. The van der Waals surface area contributed by atoms with Gasteiger partial charge in [0.15, 0.2) is 11.5 Å². The Morgan fingerprint density at radius 2 is 2.00 bits per heavy atom. The Hall–Kier alpha value is -1.69. The van der Waals surface area contributed by atoms with E-state index < -0.39 is 11.9 Å². The number of hydrogen-bond donors (Lipinski definition) is 0. The monoisotopic (exact) mass is 362 g/mol. The van der Waals surface area contributed by atoms with Gasteiger partial charge in [0, 0.05) is 17.8 Å². The van der Waals surface area contributed by atoms with E-state index in [0.717, 1.165) is 28.9 Å². The quantitative estimate of drug-likeness (QED) is 0.656. The van der Waals surface area contributed by atoms with Gasteiger partial charge in [0.1, 0.15) is 5.75 Å². The van der Waals surface area contributed by atoms with Crippen LogP contribution in [0.5, 0.6) is 17.2 Å². The van der Waals surface area contributed by atoms with E-state index in [4.69, 9.17) is 14.2 Å². The van der Waals surface area contributed by atoms with E-state index >= 15 is 0 Å². The summed E-state index contributed by atoms with van der Waals surface area (Å²) in [4.78, 5) is 11.7. The van der Waals surface area contributed by atoms with Crippen LogP contribution in [0.1, 0.15) is 36.0 Å². The van der Waals surface area contributed by atoms with E-state index in [1.807, 2.05) is 36.4 Å². The molecule has 0 amide bonds. The second-order valence-corrected chi connectivity index (χ2v) is 6.43. The predicted octanol–water partition coefficient (Wildman–Crippen LogP) is -0.738. The van der Waals surface area contributed by atoms with Crippen LogP contribution >= 0.6 is 0 Å². The summed E-state index contributed by atoms with van der Waals surface area (Å²) in [6.45, 7) is 2.89. The van der Waals surface area contributed by atoms with Gasteiger partial charge in [-0.15, -0.1) is 0 Å². The summed E-state index contributed by atoms with van der Waals surface area (Å²) in [5.74, 6) is 0.242. The van der Waals surface area contributed by atoms with Gasteiger partial charge < -0.3 is 24.1 Å². The summed E-state index contributed by atoms with van der Waals surface area (Å²) in [6, 6.07) is 11.4. The molecule has 0 bridgehead atoms. The molecule has 0 saturated heterocycles. The van der Waals surface area contributed by atoms with Gasteiger partial charge >= 0.3 is 29.6 Å². The molecule has 5 nitrogen and oxygen atoms in total. The number of fused-ring (bicyclic) bond motifs is 2. The number of carbonyl (C=O) groups is 1. The molecular weight excluding hydrogens is 343 g/mol. The Balaban J connectivity index is 0.00000196. The van der Waals surface area contributed by atoms with Crippen molar-refractivity contribution in [3.63, 3.8) is 0 Å². The fourth-order valence-electron chi connectivity index (χ4n) is 3.68. The SMILES string of the molecule is CCCOc1ccc2c(c1)CC(C(=O)[O-])C2c1ccc2c(c1)OCO2.[Na+]. The van der Waals surface area contributed by atoms with Crippen molar-refractivity contribution in [2.45, 2.75) is 25.7 Å². The molecule has 0 saturated carbocycles. The number of rotatable bonds is 5. The molecule has 1 aliphatic carbocycles. The van der Waals surface area contributed by atoms with Crippen molar-refractivity contribution in [3.05, 3.63) is 53.1 Å². The van der Waals surface area contributed by atoms with E-state index in [1.54, 1.807) is 0 Å². The molecule has 2 aromatic carbocycles. The van der Waals surface area contributed by atoms with Gasteiger partial charge in [0.25, 0.3) is 0 Å². The molecule has 0 spiro atoms. The molecule has 2 aliphatic rings. The van der Waals surface area contributed by atoms with Crippen LogP contribution in [0.4, 0.5) is 0 Å². The van der Waals surface area contributed by atoms with Crippen molar-refractivity contribution in [3.8, 4) is 17.2 Å². The summed E-state index contributed by atoms with van der Waals surface area (Å²) >= 11 is 0. The van der Waals surface area contributed by atoms with Crippen molar-refractivity contribution in [1.29, 1.82) is 0 Å². The first kappa shape index (κ1) is 19.1. The van der Waals surface area contributed by atoms with Gasteiger partial charge in [-0.1, -0.05) is 19.1 Å². The van der Waals surface area contributed by atoms with Crippen LogP contribution < -0.4 is 48.9 Å². The number of carboxylic acid groups (broad SMARTS) is 1. The Labute approximate surface area is 174 Å². The number of carboxylic acids is 1. The van der Waals surface area contributed by atoms with E-state index in [2.05, 4.69) is 6.92 Å². The molecule has 130 valence electrons. The minimum Gasteiger partial charge on any atom is -0.550 e. The number of aliphatic carboxylic acids is 1. The first-order valence-corrected chi connectivity index (χ1v) is 8.53. The molecular formula is C20H19NaO5. The molecule has 6 heteroatoms.